The summed E-state index contributed by atoms with van der Waals surface area (Å²) < 4.78 is 50.8. The summed E-state index contributed by atoms with van der Waals surface area (Å²) in [7, 11) is 0. The van der Waals surface area contributed by atoms with Gasteiger partial charge < -0.3 is 18.9 Å². The summed E-state index contributed by atoms with van der Waals surface area (Å²) in [6.07, 6.45) is 4.40. The Bertz CT molecular complexity index is 1440. The first kappa shape index (κ1) is 37.9. The molecule has 3 aromatic carbocycles. The highest BCUT2D eigenvalue weighted by Crippen LogP contribution is 2.24. The Balaban J connectivity index is 1.57. The molecule has 0 heterocycles. The van der Waals surface area contributed by atoms with E-state index in [-0.39, 0.29) is 46.0 Å². The van der Waals surface area contributed by atoms with Crippen LogP contribution in [0.4, 0.5) is 8.78 Å². The van der Waals surface area contributed by atoms with Crippen LogP contribution in [-0.2, 0) is 9.47 Å². The lowest BCUT2D eigenvalue weighted by atomic mass is 9.97. The SMILES string of the molecule is CCC(CC)CC(C)OC(=O)c1ccc(OC(=O)c2ccc(C(=O)Oc3ccc(C(=O)OC(C)CC(CC)CC)c(F)c3)cc2)cc1F. The first-order valence-corrected chi connectivity index (χ1v) is 16.4. The molecule has 258 valence electrons. The molecule has 2 atom stereocenters. The van der Waals surface area contributed by atoms with Gasteiger partial charge in [-0.1, -0.05) is 53.4 Å². The summed E-state index contributed by atoms with van der Waals surface area (Å²) in [5, 5.41) is 0. The predicted octanol–water partition coefficient (Wildman–Crippen LogP) is 9.15. The van der Waals surface area contributed by atoms with Crippen molar-refractivity contribution < 1.29 is 46.9 Å². The van der Waals surface area contributed by atoms with Gasteiger partial charge in [-0.3, -0.25) is 0 Å². The number of ether oxygens (including phenoxy) is 4. The molecule has 0 aliphatic heterocycles. The molecule has 3 rings (SSSR count). The molecule has 0 saturated carbocycles. The van der Waals surface area contributed by atoms with Gasteiger partial charge in [0.15, 0.2) is 0 Å². The molecule has 0 amide bonds. The Morgan fingerprint density at radius 3 is 1.17 bits per heavy atom. The maximum atomic E-state index is 14.7. The van der Waals surface area contributed by atoms with Gasteiger partial charge >= 0.3 is 23.9 Å². The fraction of sp³-hybridized carbons (Fsp3) is 0.421. The van der Waals surface area contributed by atoms with Crippen LogP contribution in [0.3, 0.4) is 0 Å². The molecular weight excluding hydrogens is 622 g/mol. The van der Waals surface area contributed by atoms with Crippen LogP contribution in [0.5, 0.6) is 11.5 Å². The smallest absolute Gasteiger partial charge is 0.343 e. The third-order valence-electron chi connectivity index (χ3n) is 8.35. The number of carbonyl (C=O) groups excluding carboxylic acids is 4. The zero-order valence-electron chi connectivity index (χ0n) is 28.3. The second-order valence-electron chi connectivity index (χ2n) is 11.9. The topological polar surface area (TPSA) is 105 Å². The van der Waals surface area contributed by atoms with E-state index in [2.05, 4.69) is 27.7 Å². The van der Waals surface area contributed by atoms with E-state index < -0.39 is 35.5 Å². The van der Waals surface area contributed by atoms with Crippen molar-refractivity contribution >= 4 is 23.9 Å². The minimum atomic E-state index is -0.897. The van der Waals surface area contributed by atoms with Crippen molar-refractivity contribution in [3.8, 4) is 11.5 Å². The Kier molecular flexibility index (Phi) is 14.3. The molecule has 0 fully saturated rings. The van der Waals surface area contributed by atoms with Crippen LogP contribution in [0.2, 0.25) is 0 Å². The lowest BCUT2D eigenvalue weighted by Gasteiger charge is -2.19. The fourth-order valence-electron chi connectivity index (χ4n) is 5.30. The molecule has 0 saturated heterocycles. The zero-order chi connectivity index (χ0) is 35.4. The quantitative estimate of drug-likeness (QED) is 0.110. The van der Waals surface area contributed by atoms with Gasteiger partial charge in [-0.15, -0.1) is 0 Å². The molecule has 0 N–H and O–H groups in total. The average Bonchev–Trinajstić information content (AvgIpc) is 3.06. The number of benzene rings is 3. The summed E-state index contributed by atoms with van der Waals surface area (Å²) in [4.78, 5) is 50.3. The molecule has 2 unspecified atom stereocenters. The van der Waals surface area contributed by atoms with Crippen molar-refractivity contribution in [3.63, 3.8) is 0 Å². The number of esters is 4. The van der Waals surface area contributed by atoms with E-state index in [0.29, 0.717) is 24.7 Å². The van der Waals surface area contributed by atoms with E-state index in [1.54, 1.807) is 13.8 Å². The molecule has 0 aromatic heterocycles. The van der Waals surface area contributed by atoms with Crippen LogP contribution in [-0.4, -0.2) is 36.1 Å². The lowest BCUT2D eigenvalue weighted by Crippen LogP contribution is -2.19. The van der Waals surface area contributed by atoms with E-state index in [9.17, 15) is 28.0 Å². The van der Waals surface area contributed by atoms with Gasteiger partial charge in [0.2, 0.25) is 0 Å². The van der Waals surface area contributed by atoms with Gasteiger partial charge in [-0.25, -0.2) is 28.0 Å². The Hall–Kier alpha value is -4.60. The summed E-state index contributed by atoms with van der Waals surface area (Å²) in [5.41, 5.74) is -0.438. The first-order valence-electron chi connectivity index (χ1n) is 16.4. The zero-order valence-corrected chi connectivity index (χ0v) is 28.3. The third kappa shape index (κ3) is 10.7. The largest absolute Gasteiger partial charge is 0.459 e. The van der Waals surface area contributed by atoms with Gasteiger partial charge in [0.1, 0.15) is 23.1 Å². The normalized spacial score (nSPS) is 12.4. The van der Waals surface area contributed by atoms with Gasteiger partial charge in [-0.05, 0) is 87.1 Å². The van der Waals surface area contributed by atoms with Gasteiger partial charge in [0, 0.05) is 12.1 Å². The molecule has 10 heteroatoms. The van der Waals surface area contributed by atoms with Crippen LogP contribution >= 0.6 is 0 Å². The molecular formula is C38H44F2O8. The number of carbonyl (C=O) groups is 4. The average molecular weight is 667 g/mol. The standard InChI is InChI=1S/C38H44F2O8/c1-7-25(8-2)19-23(5)45-37(43)31-17-15-29(21-33(31)39)47-35(41)27-11-13-28(14-12-27)36(42)48-30-16-18-32(34(40)22-30)38(44)46-24(6)20-26(9-3)10-4/h11-18,21-26H,7-10,19-20H2,1-6H3. The molecule has 48 heavy (non-hydrogen) atoms. The van der Waals surface area contributed by atoms with Crippen LogP contribution in [0, 0.1) is 23.5 Å². The van der Waals surface area contributed by atoms with E-state index >= 15 is 0 Å². The van der Waals surface area contributed by atoms with E-state index in [1.165, 1.54) is 48.5 Å². The molecule has 0 radical (unpaired) electrons. The predicted molar refractivity (Wildman–Crippen MR) is 176 cm³/mol. The second kappa shape index (κ2) is 18.1. The van der Waals surface area contributed by atoms with Crippen molar-refractivity contribution in [1.29, 1.82) is 0 Å². The van der Waals surface area contributed by atoms with Crippen molar-refractivity contribution in [3.05, 3.63) is 94.6 Å². The van der Waals surface area contributed by atoms with E-state index in [1.807, 2.05) is 0 Å². The molecule has 0 bridgehead atoms. The molecule has 0 aliphatic carbocycles. The minimum absolute atomic E-state index is 0.0537. The number of hydrogen-bond donors (Lipinski definition) is 0. The van der Waals surface area contributed by atoms with Crippen LogP contribution in [0.15, 0.2) is 60.7 Å². The fourth-order valence-corrected chi connectivity index (χ4v) is 5.30. The summed E-state index contributed by atoms with van der Waals surface area (Å²) in [6.45, 7) is 11.8. The minimum Gasteiger partial charge on any atom is -0.459 e. The lowest BCUT2D eigenvalue weighted by molar-refractivity contribution is 0.0269. The molecule has 3 aromatic rings. The Labute approximate surface area is 280 Å². The van der Waals surface area contributed by atoms with Crippen molar-refractivity contribution in [1.82, 2.24) is 0 Å². The van der Waals surface area contributed by atoms with Crippen molar-refractivity contribution in [2.45, 2.75) is 92.3 Å². The summed E-state index contributed by atoms with van der Waals surface area (Å²) in [5.74, 6) is -4.51. The van der Waals surface area contributed by atoms with Gasteiger partial charge in [0.25, 0.3) is 0 Å². The maximum absolute atomic E-state index is 14.7. The molecule has 8 nitrogen and oxygen atoms in total. The van der Waals surface area contributed by atoms with Crippen LogP contribution < -0.4 is 9.47 Å². The third-order valence-corrected chi connectivity index (χ3v) is 8.35. The summed E-state index contributed by atoms with van der Waals surface area (Å²) >= 11 is 0. The van der Waals surface area contributed by atoms with Gasteiger partial charge in [-0.2, -0.15) is 0 Å². The highest BCUT2D eigenvalue weighted by Gasteiger charge is 2.22. The Morgan fingerprint density at radius 2 is 0.875 bits per heavy atom. The van der Waals surface area contributed by atoms with Crippen molar-refractivity contribution in [2.75, 3.05) is 0 Å². The van der Waals surface area contributed by atoms with Crippen LogP contribution in [0.25, 0.3) is 0 Å². The number of halogens is 2. The highest BCUT2D eigenvalue weighted by molar-refractivity contribution is 5.95. The van der Waals surface area contributed by atoms with E-state index in [0.717, 1.165) is 37.8 Å². The monoisotopic (exact) mass is 666 g/mol. The first-order chi connectivity index (χ1) is 22.9. The van der Waals surface area contributed by atoms with Crippen LogP contribution in [0.1, 0.15) is 121 Å². The number of hydrogen-bond acceptors (Lipinski definition) is 8. The van der Waals surface area contributed by atoms with Crippen molar-refractivity contribution in [2.24, 2.45) is 11.8 Å². The maximum Gasteiger partial charge on any atom is 0.343 e. The van der Waals surface area contributed by atoms with Gasteiger partial charge in [0.05, 0.1) is 34.5 Å². The molecule has 0 spiro atoms. The van der Waals surface area contributed by atoms with E-state index in [4.69, 9.17) is 18.9 Å². The molecule has 0 aliphatic rings. The summed E-state index contributed by atoms with van der Waals surface area (Å²) in [6, 6.07) is 12.0. The number of rotatable bonds is 16. The Morgan fingerprint density at radius 1 is 0.542 bits per heavy atom. The second-order valence-corrected chi connectivity index (χ2v) is 11.9. The highest BCUT2D eigenvalue weighted by atomic mass is 19.1.